The summed E-state index contributed by atoms with van der Waals surface area (Å²) >= 11 is 0. The second kappa shape index (κ2) is 9.69. The van der Waals surface area contributed by atoms with Gasteiger partial charge in [0.25, 0.3) is 0 Å². The van der Waals surface area contributed by atoms with Crippen LogP contribution in [0.2, 0.25) is 0 Å². The van der Waals surface area contributed by atoms with E-state index < -0.39 is 0 Å². The van der Waals surface area contributed by atoms with E-state index in [1.54, 1.807) is 0 Å². The van der Waals surface area contributed by atoms with Gasteiger partial charge in [-0.2, -0.15) is 0 Å². The fraction of sp³-hybridized carbons (Fsp3) is 0. The second-order valence-electron chi connectivity index (χ2n) is 12.1. The molecule has 0 aliphatic rings. The zero-order valence-electron chi connectivity index (χ0n) is 24.9. The van der Waals surface area contributed by atoms with Crippen LogP contribution in [0.15, 0.2) is 168 Å². The fourth-order valence-corrected chi connectivity index (χ4v) is 7.51. The Kier molecular flexibility index (Phi) is 5.31. The van der Waals surface area contributed by atoms with Gasteiger partial charge in [0, 0.05) is 38.4 Å². The number of aromatic nitrogens is 1. The number of para-hydroxylation sites is 2. The SMILES string of the molecule is c1ccc(-c2cccc3c2oc2c(-c4ccc(-n5c6ccc7ccccc7c6c6c7ccccc7ccc65)cc4)cccc23)cc1. The van der Waals surface area contributed by atoms with Gasteiger partial charge in [0.2, 0.25) is 0 Å². The van der Waals surface area contributed by atoms with Gasteiger partial charge in [0.15, 0.2) is 0 Å². The molecule has 10 rings (SSSR count). The molecule has 8 aromatic carbocycles. The van der Waals surface area contributed by atoms with Crippen LogP contribution in [-0.2, 0) is 0 Å². The molecule has 10 aromatic rings. The highest BCUT2D eigenvalue weighted by Gasteiger charge is 2.18. The van der Waals surface area contributed by atoms with Crippen LogP contribution in [-0.4, -0.2) is 4.57 Å². The zero-order valence-corrected chi connectivity index (χ0v) is 24.9. The van der Waals surface area contributed by atoms with Crippen molar-refractivity contribution in [3.63, 3.8) is 0 Å². The van der Waals surface area contributed by atoms with Crippen LogP contribution < -0.4 is 0 Å². The first-order valence-electron chi connectivity index (χ1n) is 15.8. The summed E-state index contributed by atoms with van der Waals surface area (Å²) in [5.41, 5.74) is 9.91. The molecule has 0 fully saturated rings. The average molecular weight is 586 g/mol. The quantitative estimate of drug-likeness (QED) is 0.202. The molecule has 0 bridgehead atoms. The van der Waals surface area contributed by atoms with Crippen LogP contribution in [0, 0.1) is 0 Å². The van der Waals surface area contributed by atoms with Gasteiger partial charge in [-0.05, 0) is 56.9 Å². The molecule has 0 atom stereocenters. The van der Waals surface area contributed by atoms with Gasteiger partial charge >= 0.3 is 0 Å². The van der Waals surface area contributed by atoms with E-state index in [-0.39, 0.29) is 0 Å². The third-order valence-electron chi connectivity index (χ3n) is 9.59. The number of hydrogen-bond donors (Lipinski definition) is 0. The van der Waals surface area contributed by atoms with Crippen LogP contribution in [0.4, 0.5) is 0 Å². The van der Waals surface area contributed by atoms with Crippen molar-refractivity contribution in [3.05, 3.63) is 164 Å². The summed E-state index contributed by atoms with van der Waals surface area (Å²) in [7, 11) is 0. The van der Waals surface area contributed by atoms with Gasteiger partial charge in [-0.15, -0.1) is 0 Å². The molecule has 2 nitrogen and oxygen atoms in total. The predicted octanol–water partition coefficient (Wildman–Crippen LogP) is 12.3. The molecule has 0 spiro atoms. The normalized spacial score (nSPS) is 11.9. The Morgan fingerprint density at radius 1 is 0.348 bits per heavy atom. The predicted molar refractivity (Wildman–Crippen MR) is 194 cm³/mol. The lowest BCUT2D eigenvalue weighted by Crippen LogP contribution is -1.94. The zero-order chi connectivity index (χ0) is 30.2. The van der Waals surface area contributed by atoms with Crippen molar-refractivity contribution in [3.8, 4) is 27.9 Å². The Hall–Kier alpha value is -6.12. The third kappa shape index (κ3) is 3.59. The van der Waals surface area contributed by atoms with E-state index in [1.165, 1.54) is 43.4 Å². The summed E-state index contributed by atoms with van der Waals surface area (Å²) in [5.74, 6) is 0. The van der Waals surface area contributed by atoms with Crippen LogP contribution in [0.1, 0.15) is 0 Å². The third-order valence-corrected chi connectivity index (χ3v) is 9.59. The lowest BCUT2D eigenvalue weighted by molar-refractivity contribution is 0.671. The largest absolute Gasteiger partial charge is 0.455 e. The minimum atomic E-state index is 0.920. The second-order valence-corrected chi connectivity index (χ2v) is 12.1. The van der Waals surface area contributed by atoms with Crippen LogP contribution >= 0.6 is 0 Å². The number of furan rings is 1. The monoisotopic (exact) mass is 585 g/mol. The highest BCUT2D eigenvalue weighted by atomic mass is 16.3. The molecule has 0 radical (unpaired) electrons. The number of rotatable bonds is 3. The molecule has 0 saturated carbocycles. The number of hydrogen-bond acceptors (Lipinski definition) is 1. The molecule has 2 heteroatoms. The summed E-state index contributed by atoms with van der Waals surface area (Å²) in [6.45, 7) is 0. The lowest BCUT2D eigenvalue weighted by Gasteiger charge is -2.10. The molecular weight excluding hydrogens is 558 g/mol. The van der Waals surface area contributed by atoms with Crippen molar-refractivity contribution in [2.45, 2.75) is 0 Å². The molecule has 0 amide bonds. The van der Waals surface area contributed by atoms with Crippen LogP contribution in [0.25, 0.3) is 93.2 Å². The average Bonchev–Trinajstić information content (AvgIpc) is 3.69. The number of benzene rings is 8. The molecule has 0 aliphatic heterocycles. The number of fused-ring (bicyclic) bond motifs is 10. The molecular formula is C44H27NO. The van der Waals surface area contributed by atoms with Crippen molar-refractivity contribution in [2.75, 3.05) is 0 Å². The Labute approximate surface area is 265 Å². The molecule has 214 valence electrons. The maximum Gasteiger partial charge on any atom is 0.143 e. The standard InChI is InChI=1S/C44H27NO/c1-2-10-28(11-3-1)35-16-8-18-37-38-19-9-17-36(44(38)46-43(35)37)31-20-24-32(25-21-31)45-39-26-22-29-12-4-6-14-33(29)41(39)42-34-15-7-5-13-30(34)23-27-40(42)45/h1-27H. The summed E-state index contributed by atoms with van der Waals surface area (Å²) in [6.07, 6.45) is 0. The Morgan fingerprint density at radius 2 is 0.826 bits per heavy atom. The first kappa shape index (κ1) is 25.2. The maximum atomic E-state index is 6.72. The van der Waals surface area contributed by atoms with Crippen LogP contribution in [0.3, 0.4) is 0 Å². The van der Waals surface area contributed by atoms with Gasteiger partial charge in [0.05, 0.1) is 11.0 Å². The summed E-state index contributed by atoms with van der Waals surface area (Å²) in [6, 6.07) is 58.8. The minimum absolute atomic E-state index is 0.920. The molecule has 46 heavy (non-hydrogen) atoms. The highest BCUT2D eigenvalue weighted by molar-refractivity contribution is 6.28. The summed E-state index contributed by atoms with van der Waals surface area (Å²) in [5, 5.41) is 9.95. The first-order valence-corrected chi connectivity index (χ1v) is 15.8. The molecule has 0 N–H and O–H groups in total. The maximum absolute atomic E-state index is 6.72. The van der Waals surface area contributed by atoms with E-state index in [0.29, 0.717) is 0 Å². The van der Waals surface area contributed by atoms with Crippen molar-refractivity contribution in [1.29, 1.82) is 0 Å². The Morgan fingerprint density at radius 3 is 1.39 bits per heavy atom. The molecule has 0 aliphatic carbocycles. The Bertz CT molecular complexity index is 2690. The van der Waals surface area contributed by atoms with Crippen molar-refractivity contribution in [1.82, 2.24) is 4.57 Å². The summed E-state index contributed by atoms with van der Waals surface area (Å²) in [4.78, 5) is 0. The van der Waals surface area contributed by atoms with E-state index >= 15 is 0 Å². The lowest BCUT2D eigenvalue weighted by atomic mass is 10.00. The minimum Gasteiger partial charge on any atom is -0.455 e. The number of nitrogens with zero attached hydrogens (tertiary/aromatic N) is 1. The van der Waals surface area contributed by atoms with Gasteiger partial charge in [-0.25, -0.2) is 0 Å². The van der Waals surface area contributed by atoms with Crippen LogP contribution in [0.5, 0.6) is 0 Å². The Balaban J connectivity index is 1.18. The molecule has 2 aromatic heterocycles. The summed E-state index contributed by atoms with van der Waals surface area (Å²) < 4.78 is 9.14. The molecule has 0 unspecified atom stereocenters. The van der Waals surface area contributed by atoms with Crippen molar-refractivity contribution < 1.29 is 4.42 Å². The van der Waals surface area contributed by atoms with Crippen molar-refractivity contribution >= 4 is 65.3 Å². The first-order chi connectivity index (χ1) is 22.8. The van der Waals surface area contributed by atoms with Gasteiger partial charge in [-0.3, -0.25) is 0 Å². The van der Waals surface area contributed by atoms with E-state index in [4.69, 9.17) is 4.42 Å². The topological polar surface area (TPSA) is 18.1 Å². The van der Waals surface area contributed by atoms with Gasteiger partial charge in [-0.1, -0.05) is 140 Å². The molecule has 2 heterocycles. The smallest absolute Gasteiger partial charge is 0.143 e. The fourth-order valence-electron chi connectivity index (χ4n) is 7.51. The molecule has 0 saturated heterocycles. The van der Waals surface area contributed by atoms with Crippen molar-refractivity contribution in [2.24, 2.45) is 0 Å². The van der Waals surface area contributed by atoms with E-state index in [2.05, 4.69) is 162 Å². The highest BCUT2D eigenvalue weighted by Crippen LogP contribution is 2.42. The van der Waals surface area contributed by atoms with E-state index in [1.807, 2.05) is 6.07 Å². The van der Waals surface area contributed by atoms with Gasteiger partial charge < -0.3 is 8.98 Å². The van der Waals surface area contributed by atoms with Gasteiger partial charge in [0.1, 0.15) is 11.2 Å². The van der Waals surface area contributed by atoms with E-state index in [0.717, 1.165) is 49.9 Å². The van der Waals surface area contributed by atoms with E-state index in [9.17, 15) is 0 Å².